The number of ether oxygens (including phenoxy) is 4. The van der Waals surface area contributed by atoms with E-state index in [4.69, 9.17) is 18.9 Å². The van der Waals surface area contributed by atoms with Gasteiger partial charge in [-0.3, -0.25) is 9.59 Å². The summed E-state index contributed by atoms with van der Waals surface area (Å²) in [4.78, 5) is 25.6. The van der Waals surface area contributed by atoms with Crippen LogP contribution in [0.4, 0.5) is 0 Å². The fraction of sp³-hybridized carbons (Fsp3) is 0.619. The second-order valence-electron chi connectivity index (χ2n) is 8.25. The molecule has 0 aliphatic carbocycles. The van der Waals surface area contributed by atoms with Gasteiger partial charge in [0.2, 0.25) is 0 Å². The topological polar surface area (TPSA) is 71.1 Å². The lowest BCUT2D eigenvalue weighted by molar-refractivity contribution is -0.175. The highest BCUT2D eigenvalue weighted by molar-refractivity contribution is 6.10. The maximum atomic E-state index is 13.2. The molecule has 4 atom stereocenters. The van der Waals surface area contributed by atoms with Gasteiger partial charge in [-0.2, -0.15) is 0 Å². The van der Waals surface area contributed by atoms with Crippen LogP contribution in [0.5, 0.6) is 0 Å². The van der Waals surface area contributed by atoms with Gasteiger partial charge in [-0.1, -0.05) is 29.8 Å². The van der Waals surface area contributed by atoms with Crippen LogP contribution in [-0.2, 0) is 23.7 Å². The third-order valence-electron chi connectivity index (χ3n) is 4.95. The van der Waals surface area contributed by atoms with Crippen LogP contribution >= 0.6 is 0 Å². The van der Waals surface area contributed by atoms with Crippen molar-refractivity contribution in [2.75, 3.05) is 6.61 Å². The lowest BCUT2D eigenvalue weighted by Crippen LogP contribution is -2.46. The van der Waals surface area contributed by atoms with Crippen LogP contribution in [0, 0.1) is 12.8 Å². The van der Waals surface area contributed by atoms with Crippen LogP contribution in [0.25, 0.3) is 0 Å². The number of Topliss-reactive ketones (excluding diaryl/α,β-unsaturated/α-hetero) is 2. The molecule has 0 radical (unpaired) electrons. The van der Waals surface area contributed by atoms with E-state index in [2.05, 4.69) is 0 Å². The van der Waals surface area contributed by atoms with Crippen molar-refractivity contribution in [3.8, 4) is 0 Å². The molecule has 1 unspecified atom stereocenters. The first-order valence-electron chi connectivity index (χ1n) is 9.28. The smallest absolute Gasteiger partial charge is 0.176 e. The monoisotopic (exact) mass is 376 g/mol. The van der Waals surface area contributed by atoms with E-state index in [1.807, 2.05) is 32.9 Å². The number of benzene rings is 1. The molecule has 0 amide bonds. The summed E-state index contributed by atoms with van der Waals surface area (Å²) in [6.45, 7) is 10.9. The number of ketones is 2. The van der Waals surface area contributed by atoms with Gasteiger partial charge in [0, 0.05) is 5.56 Å². The zero-order valence-electron chi connectivity index (χ0n) is 16.8. The maximum Gasteiger partial charge on any atom is 0.176 e. The zero-order valence-corrected chi connectivity index (χ0v) is 16.8. The average Bonchev–Trinajstić information content (AvgIpc) is 3.06. The zero-order chi connectivity index (χ0) is 20.0. The minimum Gasteiger partial charge on any atom is -0.348 e. The summed E-state index contributed by atoms with van der Waals surface area (Å²) in [5.74, 6) is -3.15. The molecule has 27 heavy (non-hydrogen) atoms. The Morgan fingerprint density at radius 3 is 2.15 bits per heavy atom. The minimum absolute atomic E-state index is 0.255. The maximum absolute atomic E-state index is 13.2. The van der Waals surface area contributed by atoms with E-state index in [9.17, 15) is 9.59 Å². The van der Waals surface area contributed by atoms with Crippen molar-refractivity contribution in [2.45, 2.75) is 71.4 Å². The van der Waals surface area contributed by atoms with Crippen molar-refractivity contribution in [2.24, 2.45) is 5.92 Å². The van der Waals surface area contributed by atoms with Gasteiger partial charge in [0.1, 0.15) is 30.0 Å². The third-order valence-corrected chi connectivity index (χ3v) is 4.95. The van der Waals surface area contributed by atoms with Gasteiger partial charge in [-0.25, -0.2) is 0 Å². The minimum atomic E-state index is -0.966. The Kier molecular flexibility index (Phi) is 5.29. The normalized spacial score (nSPS) is 30.2. The van der Waals surface area contributed by atoms with Crippen LogP contribution < -0.4 is 0 Å². The standard InChI is InChI=1S/C21H28O6/c1-12-7-9-14(10-8-12)17(23)16(13(2)22)19-18(26-21(5,6)27-19)15-11-24-20(3,4)25-15/h7-10,15-16,18-19H,11H2,1-6H3/t15-,16?,18-,19+/m1/s1. The van der Waals surface area contributed by atoms with Crippen molar-refractivity contribution >= 4 is 11.6 Å². The van der Waals surface area contributed by atoms with Gasteiger partial charge >= 0.3 is 0 Å². The lowest BCUT2D eigenvalue weighted by Gasteiger charge is -2.27. The van der Waals surface area contributed by atoms with Crippen LogP contribution in [-0.4, -0.2) is 48.1 Å². The van der Waals surface area contributed by atoms with Gasteiger partial charge in [-0.05, 0) is 41.5 Å². The molecule has 2 saturated heterocycles. The highest BCUT2D eigenvalue weighted by Crippen LogP contribution is 2.39. The molecule has 1 aromatic rings. The summed E-state index contributed by atoms with van der Waals surface area (Å²) in [6, 6.07) is 7.19. The van der Waals surface area contributed by atoms with E-state index >= 15 is 0 Å². The molecule has 2 fully saturated rings. The summed E-state index contributed by atoms with van der Waals surface area (Å²) in [6.07, 6.45) is -1.74. The van der Waals surface area contributed by atoms with Gasteiger partial charge < -0.3 is 18.9 Å². The molecule has 3 rings (SSSR count). The van der Waals surface area contributed by atoms with Crippen LogP contribution in [0.1, 0.15) is 50.5 Å². The molecule has 0 bridgehead atoms. The van der Waals surface area contributed by atoms with Gasteiger partial charge in [0.05, 0.1) is 6.61 Å². The Hall–Kier alpha value is -1.60. The van der Waals surface area contributed by atoms with E-state index in [1.54, 1.807) is 26.0 Å². The molecule has 1 aromatic carbocycles. The van der Waals surface area contributed by atoms with E-state index in [-0.39, 0.29) is 11.6 Å². The molecule has 0 aromatic heterocycles. The van der Waals surface area contributed by atoms with Crippen molar-refractivity contribution in [3.63, 3.8) is 0 Å². The van der Waals surface area contributed by atoms with Crippen LogP contribution in [0.15, 0.2) is 24.3 Å². The first-order valence-corrected chi connectivity index (χ1v) is 9.28. The summed E-state index contributed by atoms with van der Waals surface area (Å²) in [5.41, 5.74) is 1.53. The number of aryl methyl sites for hydroxylation is 1. The summed E-state index contributed by atoms with van der Waals surface area (Å²) >= 11 is 0. The van der Waals surface area contributed by atoms with Gasteiger partial charge in [-0.15, -0.1) is 0 Å². The Morgan fingerprint density at radius 1 is 1.00 bits per heavy atom. The van der Waals surface area contributed by atoms with E-state index < -0.39 is 35.8 Å². The first kappa shape index (κ1) is 20.1. The summed E-state index contributed by atoms with van der Waals surface area (Å²) in [5, 5.41) is 0. The molecule has 6 nitrogen and oxygen atoms in total. The average molecular weight is 376 g/mol. The molecular weight excluding hydrogens is 348 g/mol. The first-order chi connectivity index (χ1) is 12.5. The SMILES string of the molecule is CC(=O)C(C(=O)c1ccc(C)cc1)[C@@H]1OC(C)(C)O[C@@H]1[C@H]1COC(C)(C)O1. The van der Waals surface area contributed by atoms with Crippen molar-refractivity contribution in [3.05, 3.63) is 35.4 Å². The predicted octanol–water partition coefficient (Wildman–Crippen LogP) is 3.05. The summed E-state index contributed by atoms with van der Waals surface area (Å²) in [7, 11) is 0. The highest BCUT2D eigenvalue weighted by atomic mass is 16.8. The molecule has 0 N–H and O–H groups in total. The quantitative estimate of drug-likeness (QED) is 0.581. The number of hydrogen-bond acceptors (Lipinski definition) is 6. The number of rotatable bonds is 5. The fourth-order valence-corrected chi connectivity index (χ4v) is 3.70. The molecule has 148 valence electrons. The largest absolute Gasteiger partial charge is 0.348 e. The van der Waals surface area contributed by atoms with E-state index in [1.165, 1.54) is 6.92 Å². The Morgan fingerprint density at radius 2 is 1.63 bits per heavy atom. The predicted molar refractivity (Wildman–Crippen MR) is 98.4 cm³/mol. The molecule has 6 heteroatoms. The van der Waals surface area contributed by atoms with Gasteiger partial charge in [0.25, 0.3) is 0 Å². The van der Waals surface area contributed by atoms with Crippen LogP contribution in [0.3, 0.4) is 0 Å². The third kappa shape index (κ3) is 4.29. The Balaban J connectivity index is 1.91. The Bertz CT molecular complexity index is 721. The van der Waals surface area contributed by atoms with E-state index in [0.717, 1.165) is 5.56 Å². The highest BCUT2D eigenvalue weighted by Gasteiger charge is 2.54. The number of hydrogen-bond donors (Lipinski definition) is 0. The summed E-state index contributed by atoms with van der Waals surface area (Å²) < 4.78 is 23.7. The molecule has 2 aliphatic rings. The van der Waals surface area contributed by atoms with Gasteiger partial charge in [0.15, 0.2) is 17.4 Å². The number of carbonyl (C=O) groups is 2. The van der Waals surface area contributed by atoms with Crippen molar-refractivity contribution in [1.29, 1.82) is 0 Å². The molecular formula is C21H28O6. The lowest BCUT2D eigenvalue weighted by atomic mass is 9.85. The molecule has 0 saturated carbocycles. The van der Waals surface area contributed by atoms with E-state index in [0.29, 0.717) is 12.2 Å². The Labute approximate surface area is 160 Å². The van der Waals surface area contributed by atoms with Crippen molar-refractivity contribution in [1.82, 2.24) is 0 Å². The van der Waals surface area contributed by atoms with Crippen LogP contribution in [0.2, 0.25) is 0 Å². The molecule has 2 heterocycles. The fourth-order valence-electron chi connectivity index (χ4n) is 3.70. The molecule has 0 spiro atoms. The second kappa shape index (κ2) is 7.09. The molecule has 2 aliphatic heterocycles. The second-order valence-corrected chi connectivity index (χ2v) is 8.25. The number of carbonyl (C=O) groups excluding carboxylic acids is 2. The van der Waals surface area contributed by atoms with Crippen molar-refractivity contribution < 1.29 is 28.5 Å².